The molecular formula is C124H80N4O2. The third-order valence-corrected chi connectivity index (χ3v) is 26.3. The van der Waals surface area contributed by atoms with Crippen LogP contribution in [0.15, 0.2) is 494 Å². The van der Waals surface area contributed by atoms with Crippen LogP contribution >= 0.6 is 0 Å². The monoisotopic (exact) mass is 1660 g/mol. The van der Waals surface area contributed by atoms with Crippen molar-refractivity contribution in [2.24, 2.45) is 0 Å². The lowest BCUT2D eigenvalue weighted by Crippen LogP contribution is -2.11. The molecule has 25 rings (SSSR count). The molecule has 0 bridgehead atoms. The van der Waals surface area contributed by atoms with Crippen molar-refractivity contribution in [3.63, 3.8) is 0 Å². The smallest absolute Gasteiger partial charge is 0.143 e. The summed E-state index contributed by atoms with van der Waals surface area (Å²) in [5, 5.41) is 11.7. The summed E-state index contributed by atoms with van der Waals surface area (Å²) >= 11 is 0. The van der Waals surface area contributed by atoms with E-state index in [-0.39, 0.29) is 0 Å². The number of rotatable bonds is 17. The minimum atomic E-state index is 0.842. The van der Waals surface area contributed by atoms with Crippen molar-refractivity contribution < 1.29 is 8.83 Å². The summed E-state index contributed by atoms with van der Waals surface area (Å²) in [6, 6.07) is 177. The van der Waals surface area contributed by atoms with Crippen LogP contribution in [0.25, 0.3) is 210 Å². The molecule has 0 spiro atoms. The topological polar surface area (TPSA) is 42.6 Å². The van der Waals surface area contributed by atoms with Crippen molar-refractivity contribution in [2.45, 2.75) is 0 Å². The van der Waals surface area contributed by atoms with Crippen molar-refractivity contribution >= 4 is 132 Å². The van der Waals surface area contributed by atoms with Gasteiger partial charge in [0.05, 0.1) is 39.1 Å². The summed E-state index contributed by atoms with van der Waals surface area (Å²) in [7, 11) is 0. The van der Waals surface area contributed by atoms with Gasteiger partial charge in [-0.1, -0.05) is 334 Å². The highest BCUT2D eigenvalue weighted by atomic mass is 16.3. The second-order valence-electron chi connectivity index (χ2n) is 33.8. The van der Waals surface area contributed by atoms with Gasteiger partial charge in [0.2, 0.25) is 0 Å². The fourth-order valence-corrected chi connectivity index (χ4v) is 20.2. The van der Waals surface area contributed by atoms with E-state index in [1.165, 1.54) is 54.4 Å². The van der Waals surface area contributed by atoms with E-state index in [0.717, 1.165) is 190 Å². The average Bonchev–Trinajstić information content (AvgIpc) is 1.17. The van der Waals surface area contributed by atoms with Crippen molar-refractivity contribution in [1.29, 1.82) is 0 Å². The predicted molar refractivity (Wildman–Crippen MR) is 545 cm³/mol. The Labute approximate surface area is 751 Å². The van der Waals surface area contributed by atoms with E-state index < -0.39 is 0 Å². The van der Waals surface area contributed by atoms with Gasteiger partial charge in [0.1, 0.15) is 22.3 Å². The van der Waals surface area contributed by atoms with Gasteiger partial charge in [0.15, 0.2) is 0 Å². The number of nitrogens with zero attached hydrogens (tertiary/aromatic N) is 4. The van der Waals surface area contributed by atoms with E-state index in [1.807, 2.05) is 6.07 Å². The maximum atomic E-state index is 7.00. The molecule has 0 saturated heterocycles. The number of aromatic nitrogens is 2. The molecule has 0 radical (unpaired) electrons. The maximum absolute atomic E-state index is 7.00. The summed E-state index contributed by atoms with van der Waals surface area (Å²) < 4.78 is 18.5. The molecular weight excluding hydrogens is 1580 g/mol. The largest absolute Gasteiger partial charge is 0.455 e. The van der Waals surface area contributed by atoms with Crippen LogP contribution in [0.4, 0.5) is 34.1 Å². The summed E-state index contributed by atoms with van der Waals surface area (Å²) in [4.78, 5) is 4.81. The Bertz CT molecular complexity index is 8660. The van der Waals surface area contributed by atoms with E-state index in [1.54, 1.807) is 0 Å². The third kappa shape index (κ3) is 13.0. The number of fused-ring (bicyclic) bond motifs is 13. The fourth-order valence-electron chi connectivity index (χ4n) is 20.2. The van der Waals surface area contributed by atoms with Crippen LogP contribution in [0.3, 0.4) is 0 Å². The van der Waals surface area contributed by atoms with Crippen LogP contribution in [0.5, 0.6) is 0 Å². The van der Waals surface area contributed by atoms with Gasteiger partial charge in [-0.15, -0.1) is 0 Å². The Morgan fingerprint density at radius 1 is 0.162 bits per heavy atom. The highest BCUT2D eigenvalue weighted by molar-refractivity contribution is 6.14. The molecule has 4 aromatic heterocycles. The van der Waals surface area contributed by atoms with Crippen LogP contribution < -0.4 is 9.80 Å². The van der Waals surface area contributed by atoms with Crippen molar-refractivity contribution in [3.8, 4) is 112 Å². The lowest BCUT2D eigenvalue weighted by molar-refractivity contribution is 0.669. The highest BCUT2D eigenvalue weighted by Gasteiger charge is 2.25. The van der Waals surface area contributed by atoms with Gasteiger partial charge in [0.25, 0.3) is 0 Å². The number of anilines is 6. The van der Waals surface area contributed by atoms with Gasteiger partial charge < -0.3 is 27.8 Å². The van der Waals surface area contributed by atoms with Crippen molar-refractivity contribution in [2.75, 3.05) is 9.80 Å². The van der Waals surface area contributed by atoms with Crippen LogP contribution in [-0.2, 0) is 0 Å². The maximum Gasteiger partial charge on any atom is 0.143 e. The number of hydrogen-bond acceptors (Lipinski definition) is 4. The summed E-state index contributed by atoms with van der Waals surface area (Å²) in [6.07, 6.45) is 0. The van der Waals surface area contributed by atoms with Gasteiger partial charge >= 0.3 is 0 Å². The predicted octanol–water partition coefficient (Wildman–Crippen LogP) is 34.8. The Kier molecular flexibility index (Phi) is 18.2. The number of benzene rings is 21. The van der Waals surface area contributed by atoms with E-state index >= 15 is 0 Å². The average molecular weight is 1660 g/mol. The lowest BCUT2D eigenvalue weighted by Gasteiger charge is -2.28. The molecule has 0 unspecified atom stereocenters. The third-order valence-electron chi connectivity index (χ3n) is 26.3. The molecule has 0 N–H and O–H groups in total. The molecule has 0 fully saturated rings. The molecule has 6 heteroatoms. The molecule has 0 aliphatic rings. The molecule has 0 saturated carbocycles. The van der Waals surface area contributed by atoms with Crippen LogP contribution in [-0.4, -0.2) is 9.13 Å². The standard InChI is InChI=1S/C124H80N4O2/c1-2-28-85-74-94(60-59-81(85)27-1)103-41-3-12-50-114(103)126(100-38-25-34-91(78-100)88-31-23-36-93(76-88)102-40-5-14-52-116(102)128-119-55-17-8-44-107(119)108-45-9-18-56-120(108)128)98-71-65-84(66-72-98)112-79-95(80-113-110-47-11-20-58-122(110)130-124(112)113)89-32-21-29-86(73-89)82-61-67-96(68-62-82)125(97-69-63-83(64-70-97)104-48-26-49-111-109-46-10-19-57-121(109)129-123(104)111)99-37-24-33-90(77-99)87-30-22-35-92(75-87)101-39-4-13-51-115(101)127-117-53-15-6-42-105(117)106-43-7-16-54-118(106)127/h1-80H. The molecule has 0 aliphatic heterocycles. The molecule has 21 aromatic carbocycles. The van der Waals surface area contributed by atoms with Gasteiger partial charge in [-0.3, -0.25) is 0 Å². The number of furan rings is 2. The molecule has 4 heterocycles. The zero-order valence-electron chi connectivity index (χ0n) is 70.8. The summed E-state index contributed by atoms with van der Waals surface area (Å²) in [5.74, 6) is 0. The first kappa shape index (κ1) is 75.2. The van der Waals surface area contributed by atoms with E-state index in [0.29, 0.717) is 0 Å². The van der Waals surface area contributed by atoms with E-state index in [4.69, 9.17) is 8.83 Å². The van der Waals surface area contributed by atoms with E-state index in [9.17, 15) is 0 Å². The van der Waals surface area contributed by atoms with Gasteiger partial charge in [-0.25, -0.2) is 0 Å². The highest BCUT2D eigenvalue weighted by Crippen LogP contribution is 2.49. The van der Waals surface area contributed by atoms with Crippen LogP contribution in [0.1, 0.15) is 0 Å². The van der Waals surface area contributed by atoms with E-state index in [2.05, 4.69) is 498 Å². The molecule has 6 nitrogen and oxygen atoms in total. The fraction of sp³-hybridized carbons (Fsp3) is 0. The zero-order valence-corrected chi connectivity index (χ0v) is 70.8. The van der Waals surface area contributed by atoms with Crippen LogP contribution in [0.2, 0.25) is 0 Å². The molecule has 130 heavy (non-hydrogen) atoms. The van der Waals surface area contributed by atoms with Gasteiger partial charge in [-0.05, 0) is 235 Å². The quantitative estimate of drug-likeness (QED) is 0.0911. The first-order chi connectivity index (χ1) is 64.4. The SMILES string of the molecule is c1cc(-c2ccc(N(c3ccc(-c4cccc5c4oc4ccccc45)cc3)c3cccc(-c4cccc(-c5ccccc5-n5c6ccccc6c6ccccc65)c4)c3)cc2)cc(-c2cc(-c3ccc(N(c4cccc(-c5cccc(-c6ccccc6-n6c7ccccc7c7ccccc76)c5)c4)c4ccccc4-c4ccc5ccccc5c4)cc3)c3oc4ccccc4c3c2)c1. The van der Waals surface area contributed by atoms with Crippen LogP contribution in [0, 0.1) is 0 Å². The first-order valence-electron chi connectivity index (χ1n) is 44.5. The van der Waals surface area contributed by atoms with Crippen molar-refractivity contribution in [3.05, 3.63) is 485 Å². The van der Waals surface area contributed by atoms with Gasteiger partial charge in [0, 0.05) is 99.3 Å². The minimum absolute atomic E-state index is 0.842. The first-order valence-corrected chi connectivity index (χ1v) is 44.5. The molecule has 0 atom stereocenters. The number of hydrogen-bond donors (Lipinski definition) is 0. The Morgan fingerprint density at radius 3 is 1.05 bits per heavy atom. The second kappa shape index (κ2) is 31.4. The second-order valence-corrected chi connectivity index (χ2v) is 33.8. The summed E-state index contributed by atoms with van der Waals surface area (Å²) in [6.45, 7) is 0. The molecule has 608 valence electrons. The van der Waals surface area contributed by atoms with Gasteiger partial charge in [-0.2, -0.15) is 0 Å². The zero-order chi connectivity index (χ0) is 85.7. The molecule has 25 aromatic rings. The Hall–Kier alpha value is -17.3. The normalized spacial score (nSPS) is 11.7. The Balaban J connectivity index is 0.567. The number of para-hydroxylation sites is 10. The minimum Gasteiger partial charge on any atom is -0.455 e. The van der Waals surface area contributed by atoms with Crippen molar-refractivity contribution in [1.82, 2.24) is 9.13 Å². The molecule has 0 aliphatic carbocycles. The summed E-state index contributed by atoms with van der Waals surface area (Å²) in [5.41, 5.74) is 36.5. The molecule has 0 amide bonds. The lowest BCUT2D eigenvalue weighted by atomic mass is 9.93. The Morgan fingerprint density at radius 2 is 0.508 bits per heavy atom.